The molecule has 35 heavy (non-hydrogen) atoms. The molecule has 8 heteroatoms. The predicted octanol–water partition coefficient (Wildman–Crippen LogP) is 2.61. The Morgan fingerprint density at radius 2 is 1.63 bits per heavy atom. The van der Waals surface area contributed by atoms with Crippen LogP contribution in [0, 0.1) is 17.8 Å². The molecule has 1 saturated heterocycles. The maximum absolute atomic E-state index is 13.4. The summed E-state index contributed by atoms with van der Waals surface area (Å²) in [6.45, 7) is 9.12. The summed E-state index contributed by atoms with van der Waals surface area (Å²) in [6.07, 6.45) is 9.45. The van der Waals surface area contributed by atoms with Crippen molar-refractivity contribution in [1.82, 2.24) is 20.9 Å². The molecule has 0 aromatic carbocycles. The SMILES string of the molecule is CC(C)C[C@H]1NC(=O)[C@@H](C)N(C)C(=O)[C@H](C2CC2)NC[C@@H](C)OC2CCCCC2CCCNC1=O. The summed E-state index contributed by atoms with van der Waals surface area (Å²) in [6, 6.07) is -1.57. The Balaban J connectivity index is 1.76. The number of likely N-dealkylation sites (N-methyl/N-ethyl adjacent to an activating group) is 1. The van der Waals surface area contributed by atoms with E-state index in [1.807, 2.05) is 13.8 Å². The third kappa shape index (κ3) is 8.17. The second kappa shape index (κ2) is 13.0. The van der Waals surface area contributed by atoms with Crippen molar-refractivity contribution in [3.05, 3.63) is 0 Å². The van der Waals surface area contributed by atoms with Gasteiger partial charge in [-0.2, -0.15) is 0 Å². The lowest BCUT2D eigenvalue weighted by atomic mass is 9.83. The van der Waals surface area contributed by atoms with Crippen LogP contribution in [0.15, 0.2) is 0 Å². The van der Waals surface area contributed by atoms with Crippen LogP contribution in [0.4, 0.5) is 0 Å². The zero-order chi connectivity index (χ0) is 25.5. The molecule has 3 N–H and O–H groups in total. The molecule has 6 atom stereocenters. The quantitative estimate of drug-likeness (QED) is 0.562. The van der Waals surface area contributed by atoms with E-state index in [2.05, 4.69) is 22.9 Å². The topological polar surface area (TPSA) is 99.8 Å². The molecular formula is C27H48N4O4. The number of fused-ring (bicyclic) bond motifs is 1. The summed E-state index contributed by atoms with van der Waals surface area (Å²) in [4.78, 5) is 41.0. The average molecular weight is 493 g/mol. The number of ether oxygens (including phenoxy) is 1. The van der Waals surface area contributed by atoms with Crippen molar-refractivity contribution in [2.75, 3.05) is 20.1 Å². The van der Waals surface area contributed by atoms with Gasteiger partial charge in [0.1, 0.15) is 12.1 Å². The van der Waals surface area contributed by atoms with Crippen molar-refractivity contribution in [1.29, 1.82) is 0 Å². The number of nitrogens with zero attached hydrogens (tertiary/aromatic N) is 1. The number of amides is 3. The van der Waals surface area contributed by atoms with Crippen molar-refractivity contribution in [2.24, 2.45) is 17.8 Å². The van der Waals surface area contributed by atoms with Gasteiger partial charge in [-0.1, -0.05) is 26.7 Å². The number of hydrogen-bond donors (Lipinski definition) is 3. The van der Waals surface area contributed by atoms with E-state index in [0.29, 0.717) is 31.3 Å². The number of hydrogen-bond acceptors (Lipinski definition) is 5. The van der Waals surface area contributed by atoms with Crippen molar-refractivity contribution in [3.8, 4) is 0 Å². The van der Waals surface area contributed by atoms with Gasteiger partial charge in [0.25, 0.3) is 0 Å². The normalized spacial score (nSPS) is 35.0. The highest BCUT2D eigenvalue weighted by atomic mass is 16.5. The molecular weight excluding hydrogens is 444 g/mol. The van der Waals surface area contributed by atoms with Gasteiger partial charge in [-0.05, 0) is 76.5 Å². The standard InChI is InChI=1S/C27H48N4O4/c1-17(2)15-22-26(33)28-14-8-10-20-9-6-7-11-23(20)35-18(3)16-29-24(21-12-13-21)27(34)31(5)19(4)25(32)30-22/h17-24,29H,6-16H2,1-5H3,(H,28,33)(H,30,32)/t18-,19-,20?,22-,23?,24+/m1/s1. The van der Waals surface area contributed by atoms with Crippen LogP contribution in [0.25, 0.3) is 0 Å². The monoisotopic (exact) mass is 492 g/mol. The molecule has 3 aliphatic rings. The third-order valence-corrected chi connectivity index (χ3v) is 7.93. The summed E-state index contributed by atoms with van der Waals surface area (Å²) in [5.41, 5.74) is 0. The summed E-state index contributed by atoms with van der Waals surface area (Å²) >= 11 is 0. The van der Waals surface area contributed by atoms with E-state index in [1.54, 1.807) is 14.0 Å². The van der Waals surface area contributed by atoms with Crippen molar-refractivity contribution >= 4 is 17.7 Å². The molecule has 0 bridgehead atoms. The van der Waals surface area contributed by atoms with Crippen LogP contribution in [-0.2, 0) is 19.1 Å². The van der Waals surface area contributed by atoms with Crippen LogP contribution in [0.2, 0.25) is 0 Å². The van der Waals surface area contributed by atoms with Crippen molar-refractivity contribution in [3.63, 3.8) is 0 Å². The van der Waals surface area contributed by atoms with Gasteiger partial charge in [0.05, 0.1) is 18.2 Å². The zero-order valence-electron chi connectivity index (χ0n) is 22.5. The highest BCUT2D eigenvalue weighted by molar-refractivity contribution is 5.93. The Hall–Kier alpha value is -1.67. The van der Waals surface area contributed by atoms with Gasteiger partial charge in [0, 0.05) is 20.1 Å². The first-order chi connectivity index (χ1) is 16.7. The minimum Gasteiger partial charge on any atom is -0.374 e. The molecule has 200 valence electrons. The third-order valence-electron chi connectivity index (χ3n) is 7.93. The fourth-order valence-corrected chi connectivity index (χ4v) is 5.49. The van der Waals surface area contributed by atoms with Crippen molar-refractivity contribution in [2.45, 2.75) is 116 Å². The van der Waals surface area contributed by atoms with Gasteiger partial charge in [-0.15, -0.1) is 0 Å². The van der Waals surface area contributed by atoms with E-state index in [-0.39, 0.29) is 41.9 Å². The minimum absolute atomic E-state index is 0.0102. The number of carbonyl (C=O) groups is 3. The van der Waals surface area contributed by atoms with E-state index in [9.17, 15) is 14.4 Å². The van der Waals surface area contributed by atoms with Crippen LogP contribution >= 0.6 is 0 Å². The Kier molecular flexibility index (Phi) is 10.4. The maximum Gasteiger partial charge on any atom is 0.243 e. The summed E-state index contributed by atoms with van der Waals surface area (Å²) in [5.74, 6) is 0.560. The average Bonchev–Trinajstić information content (AvgIpc) is 3.65. The fraction of sp³-hybridized carbons (Fsp3) is 0.889. The molecule has 3 fully saturated rings. The molecule has 3 amide bonds. The first-order valence-corrected chi connectivity index (χ1v) is 13.9. The minimum atomic E-state index is -0.663. The molecule has 0 radical (unpaired) electrons. The Bertz CT molecular complexity index is 726. The number of rotatable bonds is 3. The van der Waals surface area contributed by atoms with E-state index in [0.717, 1.165) is 38.5 Å². The fourth-order valence-electron chi connectivity index (χ4n) is 5.49. The molecule has 8 nitrogen and oxygen atoms in total. The van der Waals surface area contributed by atoms with Crippen LogP contribution in [-0.4, -0.2) is 73.1 Å². The molecule has 1 aliphatic heterocycles. The molecule has 0 aromatic heterocycles. The molecule has 1 heterocycles. The molecule has 2 unspecified atom stereocenters. The Labute approximate surface area is 211 Å². The lowest BCUT2D eigenvalue weighted by molar-refractivity contribution is -0.141. The first kappa shape index (κ1) is 27.9. The van der Waals surface area contributed by atoms with Crippen molar-refractivity contribution < 1.29 is 19.1 Å². The summed E-state index contributed by atoms with van der Waals surface area (Å²) < 4.78 is 6.49. The zero-order valence-corrected chi connectivity index (χ0v) is 22.5. The van der Waals surface area contributed by atoms with E-state index in [4.69, 9.17) is 4.74 Å². The van der Waals surface area contributed by atoms with Gasteiger partial charge in [-0.25, -0.2) is 0 Å². The molecule has 2 aliphatic carbocycles. The highest BCUT2D eigenvalue weighted by Crippen LogP contribution is 2.34. The van der Waals surface area contributed by atoms with E-state index >= 15 is 0 Å². The predicted molar refractivity (Wildman–Crippen MR) is 137 cm³/mol. The number of nitrogens with one attached hydrogen (secondary N) is 3. The smallest absolute Gasteiger partial charge is 0.243 e. The van der Waals surface area contributed by atoms with Gasteiger partial charge in [0.15, 0.2) is 0 Å². The Morgan fingerprint density at radius 3 is 2.31 bits per heavy atom. The summed E-state index contributed by atoms with van der Waals surface area (Å²) in [7, 11) is 1.69. The second-order valence-electron chi connectivity index (χ2n) is 11.5. The van der Waals surface area contributed by atoms with Gasteiger partial charge in [0.2, 0.25) is 17.7 Å². The lowest BCUT2D eigenvalue weighted by Crippen LogP contribution is -2.57. The lowest BCUT2D eigenvalue weighted by Gasteiger charge is -2.35. The van der Waals surface area contributed by atoms with Crippen LogP contribution in [0.3, 0.4) is 0 Å². The molecule has 3 rings (SSSR count). The van der Waals surface area contributed by atoms with E-state index in [1.165, 1.54) is 17.7 Å². The van der Waals surface area contributed by atoms with Crippen LogP contribution < -0.4 is 16.0 Å². The highest BCUT2D eigenvalue weighted by Gasteiger charge is 2.40. The van der Waals surface area contributed by atoms with Gasteiger partial charge >= 0.3 is 0 Å². The van der Waals surface area contributed by atoms with E-state index < -0.39 is 12.1 Å². The first-order valence-electron chi connectivity index (χ1n) is 13.9. The van der Waals surface area contributed by atoms with Crippen LogP contribution in [0.5, 0.6) is 0 Å². The maximum atomic E-state index is 13.4. The molecule has 2 saturated carbocycles. The van der Waals surface area contributed by atoms with Gasteiger partial charge in [-0.3, -0.25) is 14.4 Å². The summed E-state index contributed by atoms with van der Waals surface area (Å²) in [5, 5.41) is 9.45. The number of carbonyl (C=O) groups excluding carboxylic acids is 3. The largest absolute Gasteiger partial charge is 0.374 e. The van der Waals surface area contributed by atoms with Crippen LogP contribution in [0.1, 0.15) is 85.5 Å². The molecule has 0 aromatic rings. The second-order valence-corrected chi connectivity index (χ2v) is 11.5. The van der Waals surface area contributed by atoms with Gasteiger partial charge < -0.3 is 25.6 Å². The molecule has 0 spiro atoms. The Morgan fingerprint density at radius 1 is 0.943 bits per heavy atom.